The van der Waals surface area contributed by atoms with Gasteiger partial charge in [0.05, 0.1) is 27.4 Å². The van der Waals surface area contributed by atoms with E-state index in [-0.39, 0.29) is 22.8 Å². The Morgan fingerprint density at radius 2 is 1.57 bits per heavy atom. The predicted octanol–water partition coefficient (Wildman–Crippen LogP) is 2.03. The van der Waals surface area contributed by atoms with Crippen LogP contribution in [0.1, 0.15) is 18.1 Å². The van der Waals surface area contributed by atoms with Crippen LogP contribution in [-0.2, 0) is 0 Å². The van der Waals surface area contributed by atoms with E-state index in [9.17, 15) is 18.3 Å². The summed E-state index contributed by atoms with van der Waals surface area (Å²) in [6, 6.07) is 0.649. The molecule has 0 amide bonds. The molecule has 1 aromatic carbocycles. The Balaban J connectivity index is 3.07. The second kappa shape index (κ2) is 6.86. The minimum Gasteiger partial charge on any atom is -0.493 e. The lowest BCUT2D eigenvalue weighted by Gasteiger charge is -2.21. The highest BCUT2D eigenvalue weighted by molar-refractivity contribution is 5.54. The van der Waals surface area contributed by atoms with Gasteiger partial charge in [0, 0.05) is 6.42 Å². The molecule has 0 heterocycles. The van der Waals surface area contributed by atoms with E-state index < -0.39 is 24.7 Å². The van der Waals surface area contributed by atoms with Crippen molar-refractivity contribution in [3.05, 3.63) is 17.7 Å². The first-order valence-electron chi connectivity index (χ1n) is 6.04. The van der Waals surface area contributed by atoms with Crippen molar-refractivity contribution >= 4 is 0 Å². The monoisotopic (exact) mass is 309 g/mol. The van der Waals surface area contributed by atoms with E-state index in [1.54, 1.807) is 0 Å². The Bertz CT molecular complexity index is 454. The summed E-state index contributed by atoms with van der Waals surface area (Å²) >= 11 is 0. The standard InChI is InChI=1S/C13H18F3NO4/c1-19-9-4-7(5-10(20-2)12(9)21-3)8(18)6-11(17)13(14,15)16/h4-5,8,11,18H,6,17H2,1-3H3/t8-,11+/m0/s1. The molecule has 2 atom stereocenters. The highest BCUT2D eigenvalue weighted by Crippen LogP contribution is 2.40. The van der Waals surface area contributed by atoms with Crippen molar-refractivity contribution in [2.24, 2.45) is 5.73 Å². The van der Waals surface area contributed by atoms with Crippen molar-refractivity contribution in [3.63, 3.8) is 0 Å². The van der Waals surface area contributed by atoms with Crippen molar-refractivity contribution in [3.8, 4) is 17.2 Å². The summed E-state index contributed by atoms with van der Waals surface area (Å²) in [6.45, 7) is 0. The van der Waals surface area contributed by atoms with E-state index in [2.05, 4.69) is 0 Å². The molecule has 120 valence electrons. The second-order valence-electron chi connectivity index (χ2n) is 4.36. The van der Waals surface area contributed by atoms with Gasteiger partial charge in [0.1, 0.15) is 6.04 Å². The average Bonchev–Trinajstić information content (AvgIpc) is 2.44. The fourth-order valence-corrected chi connectivity index (χ4v) is 1.80. The van der Waals surface area contributed by atoms with E-state index >= 15 is 0 Å². The summed E-state index contributed by atoms with van der Waals surface area (Å²) in [4.78, 5) is 0. The molecular weight excluding hydrogens is 291 g/mol. The van der Waals surface area contributed by atoms with Crippen LogP contribution in [0.5, 0.6) is 17.2 Å². The van der Waals surface area contributed by atoms with E-state index in [4.69, 9.17) is 19.9 Å². The van der Waals surface area contributed by atoms with Gasteiger partial charge in [-0.1, -0.05) is 0 Å². The molecule has 0 saturated carbocycles. The number of aliphatic hydroxyl groups excluding tert-OH is 1. The second-order valence-corrected chi connectivity index (χ2v) is 4.36. The average molecular weight is 309 g/mol. The van der Waals surface area contributed by atoms with Gasteiger partial charge in [-0.25, -0.2) is 0 Å². The molecule has 1 rings (SSSR count). The minimum atomic E-state index is -4.57. The number of nitrogens with two attached hydrogens (primary N) is 1. The molecule has 0 aliphatic heterocycles. The molecule has 0 aliphatic rings. The highest BCUT2D eigenvalue weighted by Gasteiger charge is 2.38. The lowest BCUT2D eigenvalue weighted by Crippen LogP contribution is -2.38. The number of hydrogen-bond acceptors (Lipinski definition) is 5. The number of hydrogen-bond donors (Lipinski definition) is 2. The van der Waals surface area contributed by atoms with Crippen LogP contribution in [-0.4, -0.2) is 38.7 Å². The number of ether oxygens (including phenoxy) is 3. The summed E-state index contributed by atoms with van der Waals surface area (Å²) in [7, 11) is 4.14. The molecule has 21 heavy (non-hydrogen) atoms. The molecule has 0 radical (unpaired) electrons. The first-order chi connectivity index (χ1) is 9.74. The van der Waals surface area contributed by atoms with E-state index in [0.29, 0.717) is 0 Å². The number of methoxy groups -OCH3 is 3. The zero-order valence-corrected chi connectivity index (χ0v) is 11.9. The number of alkyl halides is 3. The van der Waals surface area contributed by atoms with Crippen molar-refractivity contribution in [2.45, 2.75) is 24.7 Å². The molecule has 0 spiro atoms. The predicted molar refractivity (Wildman–Crippen MR) is 69.7 cm³/mol. The van der Waals surface area contributed by atoms with Crippen molar-refractivity contribution < 1.29 is 32.5 Å². The van der Waals surface area contributed by atoms with Gasteiger partial charge in [0.2, 0.25) is 5.75 Å². The van der Waals surface area contributed by atoms with Gasteiger partial charge in [-0.15, -0.1) is 0 Å². The van der Waals surface area contributed by atoms with Crippen molar-refractivity contribution in [2.75, 3.05) is 21.3 Å². The van der Waals surface area contributed by atoms with Crippen LogP contribution in [0.15, 0.2) is 12.1 Å². The lowest BCUT2D eigenvalue weighted by molar-refractivity contribution is -0.153. The molecule has 3 N–H and O–H groups in total. The van der Waals surface area contributed by atoms with Gasteiger partial charge < -0.3 is 25.1 Å². The molecule has 0 unspecified atom stereocenters. The van der Waals surface area contributed by atoms with Crippen LogP contribution >= 0.6 is 0 Å². The van der Waals surface area contributed by atoms with Crippen LogP contribution in [0.25, 0.3) is 0 Å². The fraction of sp³-hybridized carbons (Fsp3) is 0.538. The summed E-state index contributed by atoms with van der Waals surface area (Å²) < 4.78 is 52.5. The Morgan fingerprint density at radius 1 is 1.10 bits per heavy atom. The van der Waals surface area contributed by atoms with E-state index in [0.717, 1.165) is 0 Å². The maximum Gasteiger partial charge on any atom is 0.403 e. The molecule has 1 aromatic rings. The number of aliphatic hydroxyl groups is 1. The minimum absolute atomic E-state index is 0.198. The Morgan fingerprint density at radius 3 is 1.90 bits per heavy atom. The molecule has 0 aromatic heterocycles. The molecular formula is C13H18F3NO4. The third-order valence-electron chi connectivity index (χ3n) is 2.97. The summed E-state index contributed by atoms with van der Waals surface area (Å²) in [5, 5.41) is 9.93. The topological polar surface area (TPSA) is 73.9 Å². The molecule has 5 nitrogen and oxygen atoms in total. The van der Waals surface area contributed by atoms with Gasteiger partial charge in [-0.3, -0.25) is 0 Å². The van der Waals surface area contributed by atoms with Crippen LogP contribution in [0.2, 0.25) is 0 Å². The zero-order valence-electron chi connectivity index (χ0n) is 11.9. The zero-order chi connectivity index (χ0) is 16.2. The van der Waals surface area contributed by atoms with Crippen molar-refractivity contribution in [1.29, 1.82) is 0 Å². The van der Waals surface area contributed by atoms with Gasteiger partial charge in [0.25, 0.3) is 0 Å². The van der Waals surface area contributed by atoms with Crippen LogP contribution in [0.4, 0.5) is 13.2 Å². The first-order valence-corrected chi connectivity index (χ1v) is 6.04. The third-order valence-corrected chi connectivity index (χ3v) is 2.97. The van der Waals surface area contributed by atoms with Crippen LogP contribution < -0.4 is 19.9 Å². The number of rotatable bonds is 6. The van der Waals surface area contributed by atoms with E-state index in [1.165, 1.54) is 33.5 Å². The highest BCUT2D eigenvalue weighted by atomic mass is 19.4. The van der Waals surface area contributed by atoms with Gasteiger partial charge in [-0.05, 0) is 17.7 Å². The van der Waals surface area contributed by atoms with Gasteiger partial charge >= 0.3 is 6.18 Å². The molecule has 8 heteroatoms. The van der Waals surface area contributed by atoms with Crippen LogP contribution in [0.3, 0.4) is 0 Å². The molecule has 0 fully saturated rings. The van der Waals surface area contributed by atoms with Gasteiger partial charge in [-0.2, -0.15) is 13.2 Å². The third kappa shape index (κ3) is 4.15. The maximum absolute atomic E-state index is 12.4. The number of halogens is 3. The normalized spacial score (nSPS) is 14.5. The largest absolute Gasteiger partial charge is 0.493 e. The Kier molecular flexibility index (Phi) is 5.68. The Hall–Kier alpha value is -1.67. The SMILES string of the molecule is COc1cc([C@@H](O)C[C@@H](N)C(F)(F)F)cc(OC)c1OC. The molecule has 0 aliphatic carbocycles. The van der Waals surface area contributed by atoms with Gasteiger partial charge in [0.15, 0.2) is 11.5 Å². The maximum atomic E-state index is 12.4. The Labute approximate surface area is 120 Å². The fourth-order valence-electron chi connectivity index (χ4n) is 1.80. The van der Waals surface area contributed by atoms with Crippen molar-refractivity contribution in [1.82, 2.24) is 0 Å². The lowest BCUT2D eigenvalue weighted by atomic mass is 10.0. The summed E-state index contributed by atoms with van der Waals surface area (Å²) in [6.07, 6.45) is -6.64. The van der Waals surface area contributed by atoms with E-state index in [1.807, 2.05) is 0 Å². The first kappa shape index (κ1) is 17.4. The number of benzene rings is 1. The molecule has 0 saturated heterocycles. The summed E-state index contributed by atoms with van der Waals surface area (Å²) in [5.41, 5.74) is 5.21. The quantitative estimate of drug-likeness (QED) is 0.841. The van der Waals surface area contributed by atoms with Crippen LogP contribution in [0, 0.1) is 0 Å². The molecule has 0 bridgehead atoms. The summed E-state index contributed by atoms with van der Waals surface area (Å²) in [5.74, 6) is 0.772. The smallest absolute Gasteiger partial charge is 0.403 e.